The molecule has 0 bridgehead atoms. The highest BCUT2D eigenvalue weighted by atomic mass is 32.1. The van der Waals surface area contributed by atoms with Crippen LogP contribution in [0.3, 0.4) is 0 Å². The van der Waals surface area contributed by atoms with Crippen LogP contribution in [-0.4, -0.2) is 28.4 Å². The second kappa shape index (κ2) is 4.81. The second-order valence-electron chi connectivity index (χ2n) is 4.12. The third kappa shape index (κ3) is 2.38. The van der Waals surface area contributed by atoms with Gasteiger partial charge in [0.1, 0.15) is 5.82 Å². The standard InChI is InChI=1S/C12H13N3O2S/c18-12-13-11(14-15-12)7-8-2-3-9-10(6-8)17-5-1-4-16-9/h2-3,6H,1,4-5,7H2,(H2,13,14,15,18). The summed E-state index contributed by atoms with van der Waals surface area (Å²) in [4.78, 5) is 4.17. The molecule has 0 saturated heterocycles. The first-order chi connectivity index (χ1) is 8.81. The molecule has 2 aromatic rings. The van der Waals surface area contributed by atoms with Crippen molar-refractivity contribution in [2.24, 2.45) is 0 Å². The monoisotopic (exact) mass is 263 g/mol. The minimum absolute atomic E-state index is 0.472. The molecule has 1 aliphatic heterocycles. The first kappa shape index (κ1) is 11.3. The Morgan fingerprint density at radius 1 is 1.17 bits per heavy atom. The molecule has 0 fully saturated rings. The van der Waals surface area contributed by atoms with Gasteiger partial charge in [0.2, 0.25) is 4.77 Å². The summed E-state index contributed by atoms with van der Waals surface area (Å²) in [5.41, 5.74) is 1.11. The zero-order valence-corrected chi connectivity index (χ0v) is 10.5. The molecule has 2 heterocycles. The molecule has 1 aromatic carbocycles. The van der Waals surface area contributed by atoms with Gasteiger partial charge in [0.25, 0.3) is 0 Å². The average molecular weight is 263 g/mol. The zero-order valence-electron chi connectivity index (χ0n) is 9.73. The highest BCUT2D eigenvalue weighted by molar-refractivity contribution is 7.71. The van der Waals surface area contributed by atoms with Crippen molar-refractivity contribution in [2.45, 2.75) is 12.8 Å². The van der Waals surface area contributed by atoms with E-state index in [1.54, 1.807) is 0 Å². The van der Waals surface area contributed by atoms with Crippen LogP contribution in [0.1, 0.15) is 17.8 Å². The van der Waals surface area contributed by atoms with Gasteiger partial charge < -0.3 is 9.47 Å². The lowest BCUT2D eigenvalue weighted by atomic mass is 10.1. The normalized spacial score (nSPS) is 14.2. The van der Waals surface area contributed by atoms with Crippen LogP contribution in [0.25, 0.3) is 0 Å². The van der Waals surface area contributed by atoms with Crippen molar-refractivity contribution in [3.63, 3.8) is 0 Å². The van der Waals surface area contributed by atoms with Crippen LogP contribution < -0.4 is 9.47 Å². The van der Waals surface area contributed by atoms with E-state index in [9.17, 15) is 0 Å². The molecule has 3 rings (SSSR count). The molecule has 0 saturated carbocycles. The second-order valence-corrected chi connectivity index (χ2v) is 4.51. The van der Waals surface area contributed by atoms with Crippen molar-refractivity contribution in [2.75, 3.05) is 13.2 Å². The molecule has 1 aromatic heterocycles. The van der Waals surface area contributed by atoms with Gasteiger partial charge in [-0.15, -0.1) is 0 Å². The van der Waals surface area contributed by atoms with Gasteiger partial charge >= 0.3 is 0 Å². The number of aromatic nitrogens is 3. The fourth-order valence-corrected chi connectivity index (χ4v) is 2.06. The van der Waals surface area contributed by atoms with Crippen molar-refractivity contribution in [1.82, 2.24) is 15.2 Å². The van der Waals surface area contributed by atoms with Crippen LogP contribution in [0.15, 0.2) is 18.2 Å². The Labute approximate surface area is 109 Å². The summed E-state index contributed by atoms with van der Waals surface area (Å²) in [5, 5.41) is 5.72. The largest absolute Gasteiger partial charge is 0.490 e. The molecule has 5 nitrogen and oxygen atoms in total. The van der Waals surface area contributed by atoms with Crippen molar-refractivity contribution in [3.05, 3.63) is 34.4 Å². The van der Waals surface area contributed by atoms with Gasteiger partial charge in [-0.05, 0) is 29.9 Å². The van der Waals surface area contributed by atoms with E-state index in [2.05, 4.69) is 15.2 Å². The van der Waals surface area contributed by atoms with E-state index in [1.165, 1.54) is 0 Å². The van der Waals surface area contributed by atoms with Crippen LogP contribution in [0.5, 0.6) is 11.5 Å². The number of rotatable bonds is 2. The molecule has 0 atom stereocenters. The molecule has 0 spiro atoms. The zero-order chi connectivity index (χ0) is 12.4. The van der Waals surface area contributed by atoms with Crippen LogP contribution in [0.4, 0.5) is 0 Å². The molecule has 6 heteroatoms. The SMILES string of the molecule is S=c1nc(Cc2ccc3c(c2)OCCCO3)[nH][nH]1. The molecular weight excluding hydrogens is 250 g/mol. The Hall–Kier alpha value is -1.82. The molecule has 0 radical (unpaired) electrons. The highest BCUT2D eigenvalue weighted by Gasteiger charge is 2.11. The maximum atomic E-state index is 5.65. The number of H-pyrrole nitrogens is 2. The Morgan fingerprint density at radius 3 is 2.78 bits per heavy atom. The number of aromatic amines is 2. The summed E-state index contributed by atoms with van der Waals surface area (Å²) in [6.45, 7) is 1.40. The minimum atomic E-state index is 0.472. The lowest BCUT2D eigenvalue weighted by Crippen LogP contribution is -1.97. The summed E-state index contributed by atoms with van der Waals surface area (Å²) < 4.78 is 11.7. The van der Waals surface area contributed by atoms with E-state index >= 15 is 0 Å². The van der Waals surface area contributed by atoms with Gasteiger partial charge in [-0.3, -0.25) is 10.2 Å². The van der Waals surface area contributed by atoms with Crippen molar-refractivity contribution < 1.29 is 9.47 Å². The van der Waals surface area contributed by atoms with E-state index in [0.29, 0.717) is 24.4 Å². The van der Waals surface area contributed by atoms with Crippen LogP contribution in [0.2, 0.25) is 0 Å². The summed E-state index contributed by atoms with van der Waals surface area (Å²) in [6.07, 6.45) is 1.60. The number of hydrogen-bond donors (Lipinski definition) is 2. The lowest BCUT2D eigenvalue weighted by molar-refractivity contribution is 0.297. The molecular formula is C12H13N3O2S. The van der Waals surface area contributed by atoms with Crippen molar-refractivity contribution in [3.8, 4) is 11.5 Å². The highest BCUT2D eigenvalue weighted by Crippen LogP contribution is 2.30. The number of fused-ring (bicyclic) bond motifs is 1. The van der Waals surface area contributed by atoms with Crippen LogP contribution in [-0.2, 0) is 6.42 Å². The first-order valence-electron chi connectivity index (χ1n) is 5.83. The number of nitrogens with zero attached hydrogens (tertiary/aromatic N) is 1. The van der Waals surface area contributed by atoms with Gasteiger partial charge in [0, 0.05) is 12.8 Å². The summed E-state index contributed by atoms with van der Waals surface area (Å²) >= 11 is 4.92. The quantitative estimate of drug-likeness (QED) is 0.815. The van der Waals surface area contributed by atoms with Crippen LogP contribution >= 0.6 is 12.2 Å². The summed E-state index contributed by atoms with van der Waals surface area (Å²) in [5.74, 6) is 2.43. The average Bonchev–Trinajstić information content (AvgIpc) is 2.64. The predicted octanol–water partition coefficient (Wildman–Crippen LogP) is 2.22. The van der Waals surface area contributed by atoms with E-state index in [-0.39, 0.29) is 0 Å². The molecule has 1 aliphatic rings. The van der Waals surface area contributed by atoms with E-state index in [1.807, 2.05) is 18.2 Å². The topological polar surface area (TPSA) is 62.9 Å². The van der Waals surface area contributed by atoms with Gasteiger partial charge in [-0.2, -0.15) is 0 Å². The molecule has 94 valence electrons. The summed E-state index contributed by atoms with van der Waals surface area (Å²) in [7, 11) is 0. The Balaban J connectivity index is 1.85. The Morgan fingerprint density at radius 2 is 2.00 bits per heavy atom. The number of ether oxygens (including phenoxy) is 2. The third-order valence-electron chi connectivity index (χ3n) is 2.73. The minimum Gasteiger partial charge on any atom is -0.490 e. The van der Waals surface area contributed by atoms with Gasteiger partial charge in [-0.1, -0.05) is 6.07 Å². The molecule has 0 amide bonds. The van der Waals surface area contributed by atoms with E-state index in [4.69, 9.17) is 21.7 Å². The Kier molecular flexibility index (Phi) is 3.02. The molecule has 2 N–H and O–H groups in total. The predicted molar refractivity (Wildman–Crippen MR) is 68.6 cm³/mol. The third-order valence-corrected chi connectivity index (χ3v) is 2.93. The maximum Gasteiger partial charge on any atom is 0.213 e. The number of nitrogens with one attached hydrogen (secondary N) is 2. The maximum absolute atomic E-state index is 5.65. The van der Waals surface area contributed by atoms with Gasteiger partial charge in [0.15, 0.2) is 11.5 Å². The van der Waals surface area contributed by atoms with Gasteiger partial charge in [-0.25, -0.2) is 4.98 Å². The van der Waals surface area contributed by atoms with E-state index in [0.717, 1.165) is 29.3 Å². The van der Waals surface area contributed by atoms with Crippen molar-refractivity contribution in [1.29, 1.82) is 0 Å². The van der Waals surface area contributed by atoms with Crippen molar-refractivity contribution >= 4 is 12.2 Å². The first-order valence-corrected chi connectivity index (χ1v) is 6.24. The smallest absolute Gasteiger partial charge is 0.213 e. The van der Waals surface area contributed by atoms with Crippen LogP contribution in [0, 0.1) is 4.77 Å². The molecule has 0 aliphatic carbocycles. The fraction of sp³-hybridized carbons (Fsp3) is 0.333. The lowest BCUT2D eigenvalue weighted by Gasteiger charge is -2.08. The number of hydrogen-bond acceptors (Lipinski definition) is 4. The molecule has 0 unspecified atom stereocenters. The fourth-order valence-electron chi connectivity index (χ4n) is 1.90. The Bertz CT molecular complexity index is 605. The summed E-state index contributed by atoms with van der Waals surface area (Å²) in [6, 6.07) is 5.95. The van der Waals surface area contributed by atoms with E-state index < -0.39 is 0 Å². The number of benzene rings is 1. The molecule has 18 heavy (non-hydrogen) atoms. The van der Waals surface area contributed by atoms with Gasteiger partial charge in [0.05, 0.1) is 13.2 Å².